The highest BCUT2D eigenvalue weighted by molar-refractivity contribution is 7.13. The molecule has 3 rings (SSSR count). The van der Waals surface area contributed by atoms with Gasteiger partial charge in [-0.2, -0.15) is 0 Å². The monoisotopic (exact) mass is 348 g/mol. The third kappa shape index (κ3) is 3.70. The number of thiazole rings is 1. The number of likely N-dealkylation sites (tertiary alicyclic amines) is 1. The number of benzene rings is 1. The van der Waals surface area contributed by atoms with Gasteiger partial charge in [0.25, 0.3) is 5.91 Å². The van der Waals surface area contributed by atoms with Crippen LogP contribution in [0, 0.1) is 12.7 Å². The summed E-state index contributed by atoms with van der Waals surface area (Å²) in [4.78, 5) is 30.5. The quantitative estimate of drug-likeness (QED) is 0.892. The molecule has 1 fully saturated rings. The first-order chi connectivity index (χ1) is 11.5. The van der Waals surface area contributed by atoms with Crippen LogP contribution in [0.3, 0.4) is 0 Å². The maximum atomic E-state index is 13.6. The number of aromatic nitrogens is 1. The molecule has 3 amide bonds. The number of carbonyl (C=O) groups is 2. The Kier molecular flexibility index (Phi) is 4.75. The van der Waals surface area contributed by atoms with Crippen molar-refractivity contribution in [3.05, 3.63) is 40.7 Å². The summed E-state index contributed by atoms with van der Waals surface area (Å²) in [6, 6.07) is 3.43. The Labute approximate surface area is 142 Å². The molecule has 0 unspecified atom stereocenters. The Bertz CT molecular complexity index is 771. The topological polar surface area (TPSA) is 74.3 Å². The summed E-state index contributed by atoms with van der Waals surface area (Å²) in [7, 11) is 0. The Hall–Kier alpha value is -2.48. The number of amides is 3. The van der Waals surface area contributed by atoms with Crippen LogP contribution in [-0.4, -0.2) is 34.9 Å². The van der Waals surface area contributed by atoms with E-state index in [0.717, 1.165) is 24.6 Å². The molecule has 0 bridgehead atoms. The van der Waals surface area contributed by atoms with Gasteiger partial charge < -0.3 is 10.2 Å². The second kappa shape index (κ2) is 6.96. The lowest BCUT2D eigenvalue weighted by Crippen LogP contribution is -2.32. The molecule has 0 spiro atoms. The van der Waals surface area contributed by atoms with Crippen LogP contribution >= 0.6 is 11.3 Å². The summed E-state index contributed by atoms with van der Waals surface area (Å²) in [5, 5.41) is 7.55. The highest BCUT2D eigenvalue weighted by atomic mass is 32.1. The number of carbonyl (C=O) groups excluding carboxylic acids is 2. The lowest BCUT2D eigenvalue weighted by molar-refractivity contribution is 0.102. The van der Waals surface area contributed by atoms with Crippen LogP contribution in [-0.2, 0) is 0 Å². The summed E-state index contributed by atoms with van der Waals surface area (Å²) < 4.78 is 13.6. The molecule has 24 heavy (non-hydrogen) atoms. The van der Waals surface area contributed by atoms with Crippen molar-refractivity contribution in [3.63, 3.8) is 0 Å². The molecule has 0 aliphatic carbocycles. The van der Waals surface area contributed by atoms with Crippen molar-refractivity contribution in [2.75, 3.05) is 23.7 Å². The van der Waals surface area contributed by atoms with Crippen LogP contribution in [0.2, 0.25) is 0 Å². The first kappa shape index (κ1) is 16.4. The summed E-state index contributed by atoms with van der Waals surface area (Å²) in [6.45, 7) is 3.19. The van der Waals surface area contributed by atoms with Crippen LogP contribution in [0.25, 0.3) is 0 Å². The predicted molar refractivity (Wildman–Crippen MR) is 91.0 cm³/mol. The van der Waals surface area contributed by atoms with Crippen molar-refractivity contribution in [3.8, 4) is 0 Å². The van der Waals surface area contributed by atoms with E-state index in [1.807, 2.05) is 6.92 Å². The third-order valence-electron chi connectivity index (χ3n) is 3.70. The van der Waals surface area contributed by atoms with E-state index >= 15 is 0 Å². The van der Waals surface area contributed by atoms with E-state index in [2.05, 4.69) is 15.6 Å². The Morgan fingerprint density at radius 3 is 2.67 bits per heavy atom. The number of hydrogen-bond donors (Lipinski definition) is 2. The third-order valence-corrected chi connectivity index (χ3v) is 4.58. The SMILES string of the molecule is Cc1csc(NC(=O)c2cc(F)ccc2NC(=O)N2CCCC2)n1. The minimum atomic E-state index is -0.547. The smallest absolute Gasteiger partial charge is 0.321 e. The van der Waals surface area contributed by atoms with Crippen LogP contribution in [0.4, 0.5) is 20.0 Å². The van der Waals surface area contributed by atoms with Gasteiger partial charge in [-0.25, -0.2) is 14.2 Å². The molecule has 0 atom stereocenters. The summed E-state index contributed by atoms with van der Waals surface area (Å²) in [5.41, 5.74) is 1.13. The normalized spacial score (nSPS) is 13.8. The summed E-state index contributed by atoms with van der Waals surface area (Å²) in [5.74, 6) is -1.06. The lowest BCUT2D eigenvalue weighted by atomic mass is 10.1. The molecule has 1 saturated heterocycles. The minimum absolute atomic E-state index is 0.0652. The fourth-order valence-corrected chi connectivity index (χ4v) is 3.19. The number of anilines is 2. The van der Waals surface area contributed by atoms with E-state index in [0.29, 0.717) is 18.2 Å². The van der Waals surface area contributed by atoms with E-state index < -0.39 is 11.7 Å². The summed E-state index contributed by atoms with van der Waals surface area (Å²) >= 11 is 1.28. The molecule has 1 aromatic heterocycles. The van der Waals surface area contributed by atoms with E-state index in [1.54, 1.807) is 10.3 Å². The number of aryl methyl sites for hydroxylation is 1. The average molecular weight is 348 g/mol. The minimum Gasteiger partial charge on any atom is -0.325 e. The lowest BCUT2D eigenvalue weighted by Gasteiger charge is -2.17. The maximum Gasteiger partial charge on any atom is 0.321 e. The molecule has 1 aliphatic rings. The van der Waals surface area contributed by atoms with Gasteiger partial charge in [-0.15, -0.1) is 11.3 Å². The molecular weight excluding hydrogens is 331 g/mol. The molecule has 2 N–H and O–H groups in total. The van der Waals surface area contributed by atoms with Crippen molar-refractivity contribution >= 4 is 34.1 Å². The molecule has 0 saturated carbocycles. The number of rotatable bonds is 3. The van der Waals surface area contributed by atoms with Gasteiger partial charge in [0.2, 0.25) is 0 Å². The second-order valence-electron chi connectivity index (χ2n) is 5.56. The van der Waals surface area contributed by atoms with Crippen molar-refractivity contribution in [2.45, 2.75) is 19.8 Å². The molecule has 6 nitrogen and oxygen atoms in total. The molecule has 1 aromatic carbocycles. The molecule has 126 valence electrons. The molecular formula is C16H17FN4O2S. The second-order valence-corrected chi connectivity index (χ2v) is 6.42. The maximum absolute atomic E-state index is 13.6. The fourth-order valence-electron chi connectivity index (χ4n) is 2.50. The number of nitrogens with zero attached hydrogens (tertiary/aromatic N) is 2. The summed E-state index contributed by atoms with van der Waals surface area (Å²) in [6.07, 6.45) is 1.93. The standard InChI is InChI=1S/C16H17FN4O2S/c1-10-9-24-15(18-10)20-14(22)12-8-11(17)4-5-13(12)19-16(23)21-6-2-3-7-21/h4-5,8-9H,2-3,6-7H2,1H3,(H,19,23)(H,18,20,22). The van der Waals surface area contributed by atoms with Crippen molar-refractivity contribution in [1.29, 1.82) is 0 Å². The Morgan fingerprint density at radius 2 is 2.00 bits per heavy atom. The molecule has 0 radical (unpaired) electrons. The van der Waals surface area contributed by atoms with E-state index in [-0.39, 0.29) is 17.3 Å². The van der Waals surface area contributed by atoms with Gasteiger partial charge in [-0.3, -0.25) is 10.1 Å². The van der Waals surface area contributed by atoms with Gasteiger partial charge in [0.1, 0.15) is 5.82 Å². The van der Waals surface area contributed by atoms with Gasteiger partial charge >= 0.3 is 6.03 Å². The van der Waals surface area contributed by atoms with Gasteiger partial charge in [-0.05, 0) is 38.0 Å². The van der Waals surface area contributed by atoms with Crippen molar-refractivity contribution < 1.29 is 14.0 Å². The van der Waals surface area contributed by atoms with Crippen molar-refractivity contribution in [1.82, 2.24) is 9.88 Å². The zero-order valence-corrected chi connectivity index (χ0v) is 14.0. The molecule has 2 heterocycles. The van der Waals surface area contributed by atoms with Gasteiger partial charge in [-0.1, -0.05) is 0 Å². The highest BCUT2D eigenvalue weighted by Gasteiger charge is 2.21. The number of hydrogen-bond acceptors (Lipinski definition) is 4. The van der Waals surface area contributed by atoms with Crippen LogP contribution < -0.4 is 10.6 Å². The average Bonchev–Trinajstić information content (AvgIpc) is 3.21. The Morgan fingerprint density at radius 1 is 1.25 bits per heavy atom. The Balaban J connectivity index is 1.79. The van der Waals surface area contributed by atoms with E-state index in [1.165, 1.54) is 23.5 Å². The van der Waals surface area contributed by atoms with Crippen LogP contribution in [0.1, 0.15) is 28.9 Å². The number of nitrogens with one attached hydrogen (secondary N) is 2. The zero-order valence-electron chi connectivity index (χ0n) is 13.1. The van der Waals surface area contributed by atoms with E-state index in [9.17, 15) is 14.0 Å². The predicted octanol–water partition coefficient (Wildman–Crippen LogP) is 3.47. The first-order valence-electron chi connectivity index (χ1n) is 7.62. The largest absolute Gasteiger partial charge is 0.325 e. The van der Waals surface area contributed by atoms with E-state index in [4.69, 9.17) is 0 Å². The molecule has 2 aromatic rings. The van der Waals surface area contributed by atoms with Gasteiger partial charge in [0.15, 0.2) is 5.13 Å². The first-order valence-corrected chi connectivity index (χ1v) is 8.50. The van der Waals surface area contributed by atoms with Crippen LogP contribution in [0.5, 0.6) is 0 Å². The molecule has 1 aliphatic heterocycles. The molecule has 8 heteroatoms. The van der Waals surface area contributed by atoms with Gasteiger partial charge in [0, 0.05) is 18.5 Å². The zero-order chi connectivity index (χ0) is 17.1. The number of halogens is 1. The van der Waals surface area contributed by atoms with Crippen molar-refractivity contribution in [2.24, 2.45) is 0 Å². The fraction of sp³-hybridized carbons (Fsp3) is 0.312. The highest BCUT2D eigenvalue weighted by Crippen LogP contribution is 2.22. The van der Waals surface area contributed by atoms with Gasteiger partial charge in [0.05, 0.1) is 16.9 Å². The van der Waals surface area contributed by atoms with Crippen LogP contribution in [0.15, 0.2) is 23.6 Å². The number of urea groups is 1.